The van der Waals surface area contributed by atoms with Crippen LogP contribution in [0, 0.1) is 39.9 Å². The van der Waals surface area contributed by atoms with Crippen molar-refractivity contribution in [2.24, 2.45) is 40.2 Å². The van der Waals surface area contributed by atoms with Crippen LogP contribution >= 0.6 is 0 Å². The lowest BCUT2D eigenvalue weighted by Gasteiger charge is -2.55. The van der Waals surface area contributed by atoms with E-state index in [2.05, 4.69) is 31.2 Å². The Balaban J connectivity index is 1.48. The van der Waals surface area contributed by atoms with E-state index in [0.717, 1.165) is 31.3 Å². The van der Waals surface area contributed by atoms with Gasteiger partial charge in [0.25, 0.3) is 0 Å². The summed E-state index contributed by atoms with van der Waals surface area (Å²) >= 11 is 0. The van der Waals surface area contributed by atoms with Gasteiger partial charge in [-0.2, -0.15) is 4.91 Å². The molecule has 0 spiro atoms. The van der Waals surface area contributed by atoms with Gasteiger partial charge in [0.05, 0.1) is 11.2 Å². The predicted molar refractivity (Wildman–Crippen MR) is 131 cm³/mol. The van der Waals surface area contributed by atoms with Gasteiger partial charge in [-0.25, -0.2) is 0 Å². The molecule has 1 unspecified atom stereocenters. The van der Waals surface area contributed by atoms with Crippen LogP contribution in [0.15, 0.2) is 29.0 Å². The van der Waals surface area contributed by atoms with E-state index in [9.17, 15) is 14.8 Å². The number of fused-ring (bicyclic) bond motifs is 5. The molecule has 0 saturated heterocycles. The molecular weight excluding hydrogens is 414 g/mol. The molecule has 0 aromatic carbocycles. The van der Waals surface area contributed by atoms with Gasteiger partial charge in [0.2, 0.25) is 0 Å². The summed E-state index contributed by atoms with van der Waals surface area (Å²) in [5, 5.41) is 15.1. The minimum absolute atomic E-state index is 0.142. The van der Waals surface area contributed by atoms with Gasteiger partial charge in [0.15, 0.2) is 5.78 Å². The van der Waals surface area contributed by atoms with Gasteiger partial charge < -0.3 is 9.84 Å². The Morgan fingerprint density at radius 3 is 2.67 bits per heavy atom. The van der Waals surface area contributed by atoms with E-state index in [1.165, 1.54) is 12.8 Å². The van der Waals surface area contributed by atoms with E-state index in [1.807, 2.05) is 20.8 Å². The standard InChI is InChI=1S/C28H43NO4/c1-6-33-26(3,4)25(29-32)12-7-18(2)22-10-11-23-21-9-8-19-17-20(30)13-16-28(19,31)24(21)14-15-27(22,23)5/h8-9,17-18,21-25,31H,6-7,10-16H2,1-5H3/t18-,21+,22-,23+,24+,25?,27-,28-/m1/s1. The summed E-state index contributed by atoms with van der Waals surface area (Å²) < 4.78 is 5.81. The molecule has 0 heterocycles. The largest absolute Gasteiger partial charge is 0.385 e. The van der Waals surface area contributed by atoms with Crippen LogP contribution in [0.25, 0.3) is 0 Å². The first-order valence-corrected chi connectivity index (χ1v) is 13.2. The highest BCUT2D eigenvalue weighted by molar-refractivity contribution is 5.92. The number of hydrogen-bond acceptors (Lipinski definition) is 5. The Kier molecular flexibility index (Phi) is 6.78. The fraction of sp³-hybridized carbons (Fsp3) is 0.821. The second kappa shape index (κ2) is 9.03. The van der Waals surface area contributed by atoms with Crippen LogP contribution in [-0.4, -0.2) is 34.7 Å². The average molecular weight is 458 g/mol. The van der Waals surface area contributed by atoms with Crippen molar-refractivity contribution in [3.8, 4) is 0 Å². The highest BCUT2D eigenvalue weighted by Crippen LogP contribution is 2.64. The minimum atomic E-state index is -0.827. The number of rotatable bonds is 8. The van der Waals surface area contributed by atoms with Crippen molar-refractivity contribution in [3.63, 3.8) is 0 Å². The fourth-order valence-corrected chi connectivity index (χ4v) is 8.25. The minimum Gasteiger partial charge on any atom is -0.385 e. The summed E-state index contributed by atoms with van der Waals surface area (Å²) in [4.78, 5) is 23.5. The van der Waals surface area contributed by atoms with E-state index in [0.29, 0.717) is 43.1 Å². The molecule has 5 heteroatoms. The number of nitroso groups, excluding NO2 is 1. The van der Waals surface area contributed by atoms with Crippen LogP contribution in [0.5, 0.6) is 0 Å². The highest BCUT2D eigenvalue weighted by atomic mass is 16.5. The van der Waals surface area contributed by atoms with Crippen LogP contribution in [0.3, 0.4) is 0 Å². The maximum absolute atomic E-state index is 11.9. The van der Waals surface area contributed by atoms with Crippen molar-refractivity contribution in [2.75, 3.05) is 6.61 Å². The lowest BCUT2D eigenvalue weighted by molar-refractivity contribution is -0.120. The zero-order valence-electron chi connectivity index (χ0n) is 21.2. The van der Waals surface area contributed by atoms with Crippen LogP contribution < -0.4 is 0 Å². The van der Waals surface area contributed by atoms with E-state index in [4.69, 9.17) is 4.74 Å². The number of carbonyl (C=O) groups excluding carboxylic acids is 1. The normalized spacial score (nSPS) is 39.8. The lowest BCUT2D eigenvalue weighted by atomic mass is 9.51. The van der Waals surface area contributed by atoms with E-state index in [1.54, 1.807) is 6.08 Å². The number of ether oxygens (including phenoxy) is 1. The predicted octanol–water partition coefficient (Wildman–Crippen LogP) is 6.00. The van der Waals surface area contributed by atoms with Crippen LogP contribution in [0.2, 0.25) is 0 Å². The molecule has 0 aromatic heterocycles. The third-order valence-corrected chi connectivity index (χ3v) is 10.1. The topological polar surface area (TPSA) is 76.0 Å². The van der Waals surface area contributed by atoms with Crippen molar-refractivity contribution < 1.29 is 14.6 Å². The zero-order valence-corrected chi connectivity index (χ0v) is 21.2. The highest BCUT2D eigenvalue weighted by Gasteiger charge is 2.59. The molecule has 0 amide bonds. The molecule has 0 aliphatic heterocycles. The summed E-state index contributed by atoms with van der Waals surface area (Å²) in [7, 11) is 0. The second-order valence-corrected chi connectivity index (χ2v) is 12.1. The van der Waals surface area contributed by atoms with Crippen LogP contribution in [0.4, 0.5) is 0 Å². The maximum atomic E-state index is 11.9. The fourth-order valence-electron chi connectivity index (χ4n) is 8.25. The molecule has 5 nitrogen and oxygen atoms in total. The number of ketones is 1. The number of aliphatic hydroxyl groups is 1. The second-order valence-electron chi connectivity index (χ2n) is 12.1. The molecule has 1 N–H and O–H groups in total. The molecule has 184 valence electrons. The number of nitrogens with zero attached hydrogens (tertiary/aromatic N) is 1. The molecule has 0 bridgehead atoms. The molecule has 0 radical (unpaired) electrons. The van der Waals surface area contributed by atoms with E-state index >= 15 is 0 Å². The van der Waals surface area contributed by atoms with Gasteiger partial charge >= 0.3 is 0 Å². The molecule has 2 saturated carbocycles. The van der Waals surface area contributed by atoms with Crippen molar-refractivity contribution >= 4 is 5.78 Å². The number of carbonyl (C=O) groups is 1. The molecule has 4 rings (SSSR count). The summed E-state index contributed by atoms with van der Waals surface area (Å²) in [6.07, 6.45) is 13.4. The third kappa shape index (κ3) is 4.18. The Labute approximate surface area is 199 Å². The molecule has 33 heavy (non-hydrogen) atoms. The zero-order chi connectivity index (χ0) is 24.0. The Bertz CT molecular complexity index is 832. The van der Waals surface area contributed by atoms with Gasteiger partial charge in [-0.3, -0.25) is 4.79 Å². The van der Waals surface area contributed by atoms with Gasteiger partial charge in [0.1, 0.15) is 6.04 Å². The van der Waals surface area contributed by atoms with Gasteiger partial charge in [-0.05, 0) is 112 Å². The molecule has 8 atom stereocenters. The monoisotopic (exact) mass is 457 g/mol. The molecule has 2 fully saturated rings. The SMILES string of the molecule is CCOC(C)(C)C(CC[C@@H](C)[C@H]1CC[C@H]2[C@@H]3C=CC4=CC(=O)CC[C@]4(O)[C@H]3CC[C@]12C)N=O. The van der Waals surface area contributed by atoms with Gasteiger partial charge in [-0.1, -0.05) is 31.2 Å². The van der Waals surface area contributed by atoms with E-state index in [-0.39, 0.29) is 23.2 Å². The third-order valence-electron chi connectivity index (χ3n) is 10.1. The van der Waals surface area contributed by atoms with Gasteiger partial charge in [-0.15, -0.1) is 0 Å². The summed E-state index contributed by atoms with van der Waals surface area (Å²) in [5.74, 6) is 2.48. The van der Waals surface area contributed by atoms with Crippen molar-refractivity contribution in [3.05, 3.63) is 28.7 Å². The average Bonchev–Trinajstić information content (AvgIpc) is 3.11. The summed E-state index contributed by atoms with van der Waals surface area (Å²) in [6, 6.07) is -0.324. The lowest BCUT2D eigenvalue weighted by Crippen LogP contribution is -2.54. The Hall–Kier alpha value is -1.33. The summed E-state index contributed by atoms with van der Waals surface area (Å²) in [5.41, 5.74) is -0.250. The van der Waals surface area contributed by atoms with Crippen LogP contribution in [0.1, 0.15) is 86.0 Å². The summed E-state index contributed by atoms with van der Waals surface area (Å²) in [6.45, 7) is 11.3. The molecular formula is C28H43NO4. The van der Waals surface area contributed by atoms with Crippen molar-refractivity contribution in [1.29, 1.82) is 0 Å². The molecule has 4 aliphatic carbocycles. The first kappa shape index (κ1) is 24.8. The Morgan fingerprint density at radius 1 is 1.21 bits per heavy atom. The number of allylic oxidation sites excluding steroid dienone is 2. The first-order valence-electron chi connectivity index (χ1n) is 13.2. The number of hydrogen-bond donors (Lipinski definition) is 1. The molecule has 4 aliphatic rings. The first-order chi connectivity index (χ1) is 15.6. The smallest absolute Gasteiger partial charge is 0.156 e. The molecule has 0 aromatic rings. The van der Waals surface area contributed by atoms with Crippen LogP contribution in [-0.2, 0) is 9.53 Å². The van der Waals surface area contributed by atoms with Gasteiger partial charge in [0, 0.05) is 13.0 Å². The maximum Gasteiger partial charge on any atom is 0.156 e. The van der Waals surface area contributed by atoms with Crippen molar-refractivity contribution in [2.45, 2.75) is 103 Å². The van der Waals surface area contributed by atoms with Crippen molar-refractivity contribution in [1.82, 2.24) is 0 Å². The Morgan fingerprint density at radius 2 is 1.97 bits per heavy atom. The quantitative estimate of drug-likeness (QED) is 0.453. The van der Waals surface area contributed by atoms with E-state index < -0.39 is 11.2 Å².